The van der Waals surface area contributed by atoms with Gasteiger partial charge in [0.25, 0.3) is 0 Å². The summed E-state index contributed by atoms with van der Waals surface area (Å²) in [4.78, 5) is 20.5. The second kappa shape index (κ2) is 10.4. The van der Waals surface area contributed by atoms with Gasteiger partial charge in [0, 0.05) is 48.4 Å². The van der Waals surface area contributed by atoms with E-state index in [-0.39, 0.29) is 23.8 Å². The Morgan fingerprint density at radius 3 is 2.10 bits per heavy atom. The molecule has 1 rings (SSSR count). The lowest BCUT2D eigenvalue weighted by molar-refractivity contribution is -0.126. The number of halogens is 3. The lowest BCUT2D eigenvalue weighted by Gasteiger charge is -2.46. The minimum Gasteiger partial charge on any atom is -0.444 e. The van der Waals surface area contributed by atoms with E-state index >= 15 is 0 Å². The monoisotopic (exact) mass is 443 g/mol. The molecule has 0 N–H and O–H groups in total. The van der Waals surface area contributed by atoms with Crippen LogP contribution in [0.2, 0.25) is 0 Å². The van der Waals surface area contributed by atoms with Gasteiger partial charge in [-0.1, -0.05) is 12.7 Å². The Bertz CT molecular complexity index is 761. The molecule has 1 saturated heterocycles. The number of aliphatic imine (C=N–C) groups is 1. The number of hydrogen-bond donors (Lipinski definition) is 0. The third-order valence-electron chi connectivity index (χ3n) is 5.11. The molecule has 1 aliphatic rings. The molecule has 1 aliphatic heterocycles. The Kier molecular flexibility index (Phi) is 8.96. The Morgan fingerprint density at radius 1 is 1.13 bits per heavy atom. The number of amides is 1. The van der Waals surface area contributed by atoms with Crippen molar-refractivity contribution in [2.75, 3.05) is 13.1 Å². The topological polar surface area (TPSA) is 45.1 Å². The summed E-state index contributed by atoms with van der Waals surface area (Å²) in [5, 5.41) is 0. The molecular formula is C23H36F3N3O2. The largest absolute Gasteiger partial charge is 0.444 e. The van der Waals surface area contributed by atoms with Crippen LogP contribution in [0.3, 0.4) is 0 Å². The summed E-state index contributed by atoms with van der Waals surface area (Å²) < 4.78 is 45.2. The molecule has 0 saturated carbocycles. The Balaban J connectivity index is 3.33. The van der Waals surface area contributed by atoms with E-state index in [9.17, 15) is 18.0 Å². The fourth-order valence-electron chi connectivity index (χ4n) is 3.79. The molecule has 1 amide bonds. The van der Waals surface area contributed by atoms with Gasteiger partial charge in [0.05, 0.1) is 6.42 Å². The fourth-order valence-corrected chi connectivity index (χ4v) is 3.79. The van der Waals surface area contributed by atoms with Gasteiger partial charge in [0.2, 0.25) is 0 Å². The van der Waals surface area contributed by atoms with Crippen molar-refractivity contribution in [3.05, 3.63) is 35.7 Å². The highest BCUT2D eigenvalue weighted by Crippen LogP contribution is 2.33. The van der Waals surface area contributed by atoms with E-state index < -0.39 is 18.2 Å². The summed E-state index contributed by atoms with van der Waals surface area (Å²) in [5.41, 5.74) is 1.20. The van der Waals surface area contributed by atoms with Gasteiger partial charge in [-0.3, -0.25) is 4.99 Å². The number of carbonyl (C=O) groups is 1. The molecule has 2 atom stereocenters. The SMILES string of the molecule is C=C\N=C(C)/C(C(=C\C)/CC(F)(F)F)=C(\C)N1CC(C)N(C(=O)OC(C)(C)C)C[C@@H]1C. The van der Waals surface area contributed by atoms with E-state index in [4.69, 9.17) is 4.74 Å². The van der Waals surface area contributed by atoms with Gasteiger partial charge in [-0.15, -0.1) is 0 Å². The summed E-state index contributed by atoms with van der Waals surface area (Å²) in [6, 6.07) is -0.283. The van der Waals surface area contributed by atoms with Crippen molar-refractivity contribution in [3.8, 4) is 0 Å². The van der Waals surface area contributed by atoms with Crippen molar-refractivity contribution in [1.82, 2.24) is 9.80 Å². The van der Waals surface area contributed by atoms with Gasteiger partial charge in [0.1, 0.15) is 5.60 Å². The molecule has 0 spiro atoms. The van der Waals surface area contributed by atoms with Gasteiger partial charge >= 0.3 is 12.3 Å². The first-order valence-electron chi connectivity index (χ1n) is 10.5. The van der Waals surface area contributed by atoms with Gasteiger partial charge in [-0.05, 0) is 61.0 Å². The van der Waals surface area contributed by atoms with Crippen molar-refractivity contribution >= 4 is 11.8 Å². The van der Waals surface area contributed by atoms with Crippen LogP contribution in [-0.2, 0) is 4.74 Å². The molecule has 1 fully saturated rings. The standard InChI is InChI=1S/C23H36F3N3O2/c1-10-19(12-23(24,25)26)20(17(5)27-11-2)18(6)28-13-16(4)29(14-15(28)3)21(30)31-22(7,8)9/h10-11,15-16H,2,12-14H2,1,3-9H3/b19-10-,20-18-,27-17-/t15-,16?/m0/s1. The fraction of sp³-hybridized carbons (Fsp3) is 0.652. The summed E-state index contributed by atoms with van der Waals surface area (Å²) >= 11 is 0. The number of allylic oxidation sites excluding steroid dienone is 4. The Morgan fingerprint density at radius 2 is 1.65 bits per heavy atom. The Hall–Kier alpha value is -2.25. The molecule has 1 heterocycles. The van der Waals surface area contributed by atoms with E-state index in [1.807, 2.05) is 46.4 Å². The second-order valence-corrected chi connectivity index (χ2v) is 8.95. The number of hydrogen-bond acceptors (Lipinski definition) is 4. The second-order valence-electron chi connectivity index (χ2n) is 8.95. The molecule has 176 valence electrons. The van der Waals surface area contributed by atoms with Crippen LogP contribution in [0.15, 0.2) is 40.7 Å². The highest BCUT2D eigenvalue weighted by molar-refractivity contribution is 6.03. The maximum atomic E-state index is 13.2. The zero-order valence-corrected chi connectivity index (χ0v) is 19.9. The van der Waals surface area contributed by atoms with Crippen molar-refractivity contribution in [2.24, 2.45) is 4.99 Å². The van der Waals surface area contributed by atoms with Crippen LogP contribution in [0.5, 0.6) is 0 Å². The number of carbonyl (C=O) groups excluding carboxylic acids is 1. The highest BCUT2D eigenvalue weighted by atomic mass is 19.4. The number of nitrogens with zero attached hydrogens (tertiary/aromatic N) is 3. The Labute approximate surface area is 184 Å². The van der Waals surface area contributed by atoms with Gasteiger partial charge in [-0.25, -0.2) is 4.79 Å². The van der Waals surface area contributed by atoms with Crippen LogP contribution in [0.1, 0.15) is 61.8 Å². The number of rotatable bonds is 5. The third kappa shape index (κ3) is 7.74. The maximum absolute atomic E-state index is 13.2. The molecule has 0 radical (unpaired) electrons. The maximum Gasteiger partial charge on any atom is 0.410 e. The smallest absolute Gasteiger partial charge is 0.410 e. The minimum atomic E-state index is -4.34. The summed E-state index contributed by atoms with van der Waals surface area (Å²) in [6.45, 7) is 18.9. The average molecular weight is 444 g/mol. The van der Waals surface area contributed by atoms with E-state index in [0.29, 0.717) is 30.1 Å². The predicted octanol–water partition coefficient (Wildman–Crippen LogP) is 6.09. The molecule has 0 aromatic rings. The minimum absolute atomic E-state index is 0.112. The van der Waals surface area contributed by atoms with Crippen LogP contribution in [0.25, 0.3) is 0 Å². The first kappa shape index (κ1) is 26.8. The molecule has 0 bridgehead atoms. The van der Waals surface area contributed by atoms with Crippen molar-refractivity contribution in [1.29, 1.82) is 0 Å². The lowest BCUT2D eigenvalue weighted by atomic mass is 9.94. The number of alkyl halides is 3. The predicted molar refractivity (Wildman–Crippen MR) is 119 cm³/mol. The highest BCUT2D eigenvalue weighted by Gasteiger charge is 2.36. The third-order valence-corrected chi connectivity index (χ3v) is 5.11. The quantitative estimate of drug-likeness (QED) is 0.381. The molecular weight excluding hydrogens is 407 g/mol. The van der Waals surface area contributed by atoms with Crippen molar-refractivity contribution < 1.29 is 22.7 Å². The zero-order chi connectivity index (χ0) is 24.1. The first-order valence-corrected chi connectivity index (χ1v) is 10.5. The number of ether oxygens (including phenoxy) is 1. The van der Waals surface area contributed by atoms with E-state index in [0.717, 1.165) is 0 Å². The summed E-state index contributed by atoms with van der Waals surface area (Å²) in [5.74, 6) is 0. The number of piperazine rings is 1. The van der Waals surface area contributed by atoms with Gasteiger partial charge < -0.3 is 14.5 Å². The molecule has 31 heavy (non-hydrogen) atoms. The van der Waals surface area contributed by atoms with Gasteiger partial charge in [0.15, 0.2) is 0 Å². The van der Waals surface area contributed by atoms with Crippen LogP contribution >= 0.6 is 0 Å². The molecule has 1 unspecified atom stereocenters. The molecule has 0 aromatic carbocycles. The first-order chi connectivity index (χ1) is 14.1. The molecule has 0 aliphatic carbocycles. The van der Waals surface area contributed by atoms with Crippen LogP contribution < -0.4 is 0 Å². The van der Waals surface area contributed by atoms with Crippen molar-refractivity contribution in [2.45, 2.75) is 85.7 Å². The molecule has 5 nitrogen and oxygen atoms in total. The summed E-state index contributed by atoms with van der Waals surface area (Å²) in [6.07, 6.45) is -2.95. The zero-order valence-electron chi connectivity index (χ0n) is 19.9. The van der Waals surface area contributed by atoms with E-state index in [2.05, 4.69) is 11.6 Å². The van der Waals surface area contributed by atoms with Crippen molar-refractivity contribution in [3.63, 3.8) is 0 Å². The van der Waals surface area contributed by atoms with Gasteiger partial charge in [-0.2, -0.15) is 13.2 Å². The average Bonchev–Trinajstić information content (AvgIpc) is 2.60. The molecule has 8 heteroatoms. The van der Waals surface area contributed by atoms with Crippen LogP contribution in [-0.4, -0.2) is 58.6 Å². The lowest BCUT2D eigenvalue weighted by Crippen LogP contribution is -2.58. The summed E-state index contributed by atoms with van der Waals surface area (Å²) in [7, 11) is 0. The van der Waals surface area contributed by atoms with Crippen LogP contribution in [0.4, 0.5) is 18.0 Å². The van der Waals surface area contributed by atoms with E-state index in [1.165, 1.54) is 12.3 Å². The van der Waals surface area contributed by atoms with Crippen LogP contribution in [0, 0.1) is 0 Å². The molecule has 0 aromatic heterocycles. The van der Waals surface area contributed by atoms with E-state index in [1.54, 1.807) is 18.7 Å². The normalized spacial score (nSPS) is 22.3.